The number of hydrogen-bond donors (Lipinski definition) is 0. The number of rotatable bonds is 45. The largest absolute Gasteiger partial charge is 0.756 e. The summed E-state index contributed by atoms with van der Waals surface area (Å²) >= 11 is 0. The van der Waals surface area contributed by atoms with E-state index in [4.69, 9.17) is 18.5 Å². The molecule has 0 aliphatic carbocycles. The van der Waals surface area contributed by atoms with Crippen LogP contribution in [0, 0.1) is 0 Å². The average Bonchev–Trinajstić information content (AvgIpc) is 3.22. The Morgan fingerprint density at radius 2 is 0.951 bits per heavy atom. The number of nitrogens with zero attached hydrogens (tertiary/aromatic N) is 1. The molecule has 354 valence electrons. The minimum absolute atomic E-state index is 0.0207. The van der Waals surface area contributed by atoms with Crippen LogP contribution in [0.4, 0.5) is 0 Å². The van der Waals surface area contributed by atoms with Crippen molar-refractivity contribution in [3.05, 3.63) is 72.9 Å². The van der Waals surface area contributed by atoms with E-state index in [0.29, 0.717) is 24.1 Å². The molecule has 0 aromatic rings. The molecule has 8 nitrogen and oxygen atoms in total. The Morgan fingerprint density at radius 1 is 0.525 bits per heavy atom. The molecule has 0 bridgehead atoms. The van der Waals surface area contributed by atoms with E-state index in [0.717, 1.165) is 83.5 Å². The Balaban J connectivity index is 4.13. The predicted octanol–water partition coefficient (Wildman–Crippen LogP) is 14.4. The van der Waals surface area contributed by atoms with E-state index in [9.17, 15) is 14.3 Å². The second kappa shape index (κ2) is 44.5. The van der Waals surface area contributed by atoms with E-state index in [1.54, 1.807) is 0 Å². The molecule has 0 aromatic heterocycles. The number of carbonyl (C=O) groups excluding carboxylic acids is 1. The van der Waals surface area contributed by atoms with Crippen LogP contribution in [-0.2, 0) is 27.9 Å². The van der Waals surface area contributed by atoms with Gasteiger partial charge in [0.1, 0.15) is 19.3 Å². The first-order chi connectivity index (χ1) is 29.6. The second-order valence-corrected chi connectivity index (χ2v) is 18.8. The van der Waals surface area contributed by atoms with Crippen LogP contribution in [0.5, 0.6) is 0 Å². The zero-order chi connectivity index (χ0) is 44.8. The van der Waals surface area contributed by atoms with E-state index in [-0.39, 0.29) is 25.8 Å². The Hall–Kier alpha value is -2.06. The summed E-state index contributed by atoms with van der Waals surface area (Å²) in [4.78, 5) is 25.1. The van der Waals surface area contributed by atoms with Crippen LogP contribution in [-0.4, -0.2) is 70.7 Å². The van der Waals surface area contributed by atoms with Crippen molar-refractivity contribution in [3.63, 3.8) is 0 Å². The molecule has 0 amide bonds. The fourth-order valence-electron chi connectivity index (χ4n) is 6.46. The molecule has 2 unspecified atom stereocenters. The van der Waals surface area contributed by atoms with Crippen LogP contribution in [0.1, 0.15) is 194 Å². The maximum Gasteiger partial charge on any atom is 0.306 e. The first-order valence-corrected chi connectivity index (χ1v) is 26.1. The summed E-state index contributed by atoms with van der Waals surface area (Å²) in [6.45, 7) is 5.21. The number of phosphoric ester groups is 1. The molecule has 0 aliphatic heterocycles. The van der Waals surface area contributed by atoms with Crippen LogP contribution in [0.15, 0.2) is 72.9 Å². The van der Waals surface area contributed by atoms with Crippen molar-refractivity contribution >= 4 is 13.8 Å². The van der Waals surface area contributed by atoms with Crippen molar-refractivity contribution in [2.24, 2.45) is 0 Å². The molecular formula is C52H94NO7P. The maximum absolute atomic E-state index is 12.7. The van der Waals surface area contributed by atoms with Gasteiger partial charge < -0.3 is 27.9 Å². The predicted molar refractivity (Wildman–Crippen MR) is 259 cm³/mol. The third-order valence-corrected chi connectivity index (χ3v) is 11.2. The van der Waals surface area contributed by atoms with Gasteiger partial charge in [0.2, 0.25) is 0 Å². The summed E-state index contributed by atoms with van der Waals surface area (Å²) < 4.78 is 34.7. The van der Waals surface area contributed by atoms with Gasteiger partial charge in [0, 0.05) is 13.0 Å². The highest BCUT2D eigenvalue weighted by Crippen LogP contribution is 2.38. The van der Waals surface area contributed by atoms with Gasteiger partial charge in [-0.3, -0.25) is 9.36 Å². The first-order valence-electron chi connectivity index (χ1n) is 24.7. The molecule has 61 heavy (non-hydrogen) atoms. The number of phosphoric acid groups is 1. The summed E-state index contributed by atoms with van der Waals surface area (Å²) in [7, 11) is 1.34. The number of hydrogen-bond acceptors (Lipinski definition) is 7. The van der Waals surface area contributed by atoms with Gasteiger partial charge in [-0.05, 0) is 77.0 Å². The average molecular weight is 876 g/mol. The fourth-order valence-corrected chi connectivity index (χ4v) is 7.19. The van der Waals surface area contributed by atoms with Crippen LogP contribution >= 0.6 is 7.82 Å². The zero-order valence-electron chi connectivity index (χ0n) is 40.1. The number of likely N-dealkylation sites (N-methyl/N-ethyl adjacent to an activating group) is 1. The van der Waals surface area contributed by atoms with Crippen molar-refractivity contribution in [2.45, 2.75) is 200 Å². The van der Waals surface area contributed by atoms with Gasteiger partial charge in [0.05, 0.1) is 34.4 Å². The Labute approximate surface area is 376 Å². The summed E-state index contributed by atoms with van der Waals surface area (Å²) in [5.41, 5.74) is 0. The third-order valence-electron chi connectivity index (χ3n) is 10.2. The van der Waals surface area contributed by atoms with E-state index in [1.807, 2.05) is 21.1 Å². The van der Waals surface area contributed by atoms with Gasteiger partial charge >= 0.3 is 5.97 Å². The van der Waals surface area contributed by atoms with Crippen molar-refractivity contribution < 1.29 is 37.3 Å². The summed E-state index contributed by atoms with van der Waals surface area (Å²) in [5.74, 6) is -0.342. The lowest BCUT2D eigenvalue weighted by atomic mass is 10.0. The first kappa shape index (κ1) is 58.9. The van der Waals surface area contributed by atoms with Crippen molar-refractivity contribution in [1.82, 2.24) is 0 Å². The topological polar surface area (TPSA) is 94.1 Å². The molecule has 0 saturated carbocycles. The van der Waals surface area contributed by atoms with E-state index >= 15 is 0 Å². The highest BCUT2D eigenvalue weighted by atomic mass is 31.2. The second-order valence-electron chi connectivity index (χ2n) is 17.4. The molecule has 9 heteroatoms. The monoisotopic (exact) mass is 876 g/mol. The highest BCUT2D eigenvalue weighted by molar-refractivity contribution is 7.45. The summed E-state index contributed by atoms with van der Waals surface area (Å²) in [5, 5.41) is 0. The van der Waals surface area contributed by atoms with Crippen molar-refractivity contribution in [3.8, 4) is 0 Å². The van der Waals surface area contributed by atoms with Crippen molar-refractivity contribution in [2.75, 3.05) is 54.1 Å². The molecule has 2 atom stereocenters. The summed E-state index contributed by atoms with van der Waals surface area (Å²) in [6.07, 6.45) is 57.8. The standard InChI is InChI=1S/C52H94NO7P/c1-6-8-10-12-14-16-18-20-22-23-24-25-26-27-28-29-30-31-32-33-35-37-39-41-43-45-52(54)60-51(50-59-61(55,56)58-48-46-53(3,4)5)49-57-47-44-42-40-38-36-34-21-19-17-15-13-11-9-7-2/h8,10-11,13-14,16-17,19-20,22,24-25,51H,6-7,9,12,15,18,21,23,26-50H2,1-5H3/b10-8-,13-11-,16-14-,19-17-,22-20-,25-24-. The van der Waals surface area contributed by atoms with E-state index in [1.165, 1.54) is 89.9 Å². The van der Waals surface area contributed by atoms with E-state index in [2.05, 4.69) is 86.8 Å². The number of allylic oxidation sites excluding steroid dienone is 12. The molecule has 0 aliphatic rings. The molecule has 0 aromatic carbocycles. The number of quaternary nitrogens is 1. The minimum atomic E-state index is -4.53. The van der Waals surface area contributed by atoms with E-state index < -0.39 is 13.9 Å². The molecule has 0 rings (SSSR count). The van der Waals surface area contributed by atoms with Gasteiger partial charge in [0.25, 0.3) is 7.82 Å². The number of ether oxygens (including phenoxy) is 2. The lowest BCUT2D eigenvalue weighted by Gasteiger charge is -2.28. The van der Waals surface area contributed by atoms with Gasteiger partial charge in [0.15, 0.2) is 0 Å². The third kappa shape index (κ3) is 48.8. The highest BCUT2D eigenvalue weighted by Gasteiger charge is 2.20. The van der Waals surface area contributed by atoms with Gasteiger partial charge in [-0.2, -0.15) is 0 Å². The normalized spacial score (nSPS) is 14.3. The zero-order valence-corrected chi connectivity index (χ0v) is 41.0. The van der Waals surface area contributed by atoms with Crippen LogP contribution < -0.4 is 4.89 Å². The molecule has 0 saturated heterocycles. The lowest BCUT2D eigenvalue weighted by Crippen LogP contribution is -2.37. The molecule has 0 fully saturated rings. The maximum atomic E-state index is 12.7. The van der Waals surface area contributed by atoms with Crippen LogP contribution in [0.2, 0.25) is 0 Å². The molecule has 0 heterocycles. The van der Waals surface area contributed by atoms with Gasteiger partial charge in [-0.25, -0.2) is 0 Å². The Morgan fingerprint density at radius 3 is 1.43 bits per heavy atom. The lowest BCUT2D eigenvalue weighted by molar-refractivity contribution is -0.870. The fraction of sp³-hybridized carbons (Fsp3) is 0.750. The number of carbonyl (C=O) groups is 1. The molecular weight excluding hydrogens is 782 g/mol. The molecule has 0 radical (unpaired) electrons. The molecule has 0 N–H and O–H groups in total. The number of unbranched alkanes of at least 4 members (excludes halogenated alkanes) is 19. The SMILES string of the molecule is CC/C=C\C/C=C\C/C=C\C/C=C\CCCCCCCCCCCCCCC(=O)OC(COCCCCCCCC/C=C\C/C=C\CCC)COP(=O)([O-])OCC[N+](C)(C)C. The quantitative estimate of drug-likeness (QED) is 0.0198. The Kier molecular flexibility index (Phi) is 43.0. The Bertz CT molecular complexity index is 1200. The van der Waals surface area contributed by atoms with Crippen LogP contribution in [0.25, 0.3) is 0 Å². The smallest absolute Gasteiger partial charge is 0.306 e. The minimum Gasteiger partial charge on any atom is -0.756 e. The van der Waals surface area contributed by atoms with Gasteiger partial charge in [-0.1, -0.05) is 183 Å². The van der Waals surface area contributed by atoms with Crippen LogP contribution in [0.3, 0.4) is 0 Å². The molecule has 0 spiro atoms. The van der Waals surface area contributed by atoms with Gasteiger partial charge in [-0.15, -0.1) is 0 Å². The van der Waals surface area contributed by atoms with Crippen molar-refractivity contribution in [1.29, 1.82) is 0 Å². The summed E-state index contributed by atoms with van der Waals surface area (Å²) in [6, 6.07) is 0. The number of esters is 1.